The normalized spacial score (nSPS) is 10.9. The predicted molar refractivity (Wildman–Crippen MR) is 134 cm³/mol. The molecule has 0 aliphatic carbocycles. The highest BCUT2D eigenvalue weighted by Gasteiger charge is 2.30. The van der Waals surface area contributed by atoms with Crippen LogP contribution in [0.4, 0.5) is 4.79 Å². The van der Waals surface area contributed by atoms with Crippen LogP contribution in [0, 0.1) is 0 Å². The molecule has 1 aromatic carbocycles. The summed E-state index contributed by atoms with van der Waals surface area (Å²) in [6.07, 6.45) is 2.11. The molecule has 0 saturated carbocycles. The molecule has 1 heterocycles. The highest BCUT2D eigenvalue weighted by molar-refractivity contribution is 5.86. The number of hydrogen-bond donors (Lipinski definition) is 1. The molecule has 0 unspecified atom stereocenters. The van der Waals surface area contributed by atoms with Gasteiger partial charge in [0, 0.05) is 12.1 Å². The van der Waals surface area contributed by atoms with Crippen LogP contribution in [0.25, 0.3) is 0 Å². The molecule has 198 valence electrons. The summed E-state index contributed by atoms with van der Waals surface area (Å²) in [7, 11) is 3.15. The predicted octanol–water partition coefficient (Wildman–Crippen LogP) is 3.24. The number of nitrogens with one attached hydrogen (secondary N) is 1. The fourth-order valence-electron chi connectivity index (χ4n) is 3.49. The maximum Gasteiger partial charge on any atom is 0.325 e. The van der Waals surface area contributed by atoms with E-state index in [1.165, 1.54) is 4.90 Å². The molecule has 10 nitrogen and oxygen atoms in total. The summed E-state index contributed by atoms with van der Waals surface area (Å²) in [6, 6.07) is 8.64. The summed E-state index contributed by atoms with van der Waals surface area (Å²) in [5.41, 5.74) is 0.290. The molecule has 36 heavy (non-hydrogen) atoms. The van der Waals surface area contributed by atoms with Crippen LogP contribution in [0.1, 0.15) is 39.0 Å². The van der Waals surface area contributed by atoms with Crippen molar-refractivity contribution in [1.82, 2.24) is 15.1 Å². The van der Waals surface area contributed by atoms with E-state index in [9.17, 15) is 14.4 Å². The first kappa shape index (κ1) is 28.5. The molecule has 1 N–H and O–H groups in total. The van der Waals surface area contributed by atoms with Gasteiger partial charge in [-0.25, -0.2) is 4.79 Å². The Balaban J connectivity index is 2.16. The summed E-state index contributed by atoms with van der Waals surface area (Å²) in [4.78, 5) is 41.0. The molecule has 0 spiro atoms. The molecular formula is C26H37N3O7. The van der Waals surface area contributed by atoms with Crippen LogP contribution in [0.15, 0.2) is 41.0 Å². The number of carbonyl (C=O) groups excluding carboxylic acids is 3. The number of benzene rings is 1. The summed E-state index contributed by atoms with van der Waals surface area (Å²) in [6.45, 7) is 7.57. The van der Waals surface area contributed by atoms with E-state index < -0.39 is 17.5 Å². The van der Waals surface area contributed by atoms with Gasteiger partial charge in [0.25, 0.3) is 0 Å². The Bertz CT molecular complexity index is 999. The molecule has 0 radical (unpaired) electrons. The van der Waals surface area contributed by atoms with Gasteiger partial charge in [0.05, 0.1) is 33.6 Å². The van der Waals surface area contributed by atoms with Crippen LogP contribution in [0.5, 0.6) is 11.5 Å². The third-order valence-corrected chi connectivity index (χ3v) is 5.44. The summed E-state index contributed by atoms with van der Waals surface area (Å²) >= 11 is 0. The highest BCUT2D eigenvalue weighted by Crippen LogP contribution is 2.28. The average molecular weight is 504 g/mol. The summed E-state index contributed by atoms with van der Waals surface area (Å²) in [5.74, 6) is 1.06. The number of methoxy groups -OCH3 is 2. The molecular weight excluding hydrogens is 466 g/mol. The molecule has 0 bridgehead atoms. The summed E-state index contributed by atoms with van der Waals surface area (Å²) < 4.78 is 21.0. The lowest BCUT2D eigenvalue weighted by molar-refractivity contribution is -0.141. The monoisotopic (exact) mass is 503 g/mol. The zero-order chi connectivity index (χ0) is 26.7. The smallest absolute Gasteiger partial charge is 0.325 e. The van der Waals surface area contributed by atoms with Crippen molar-refractivity contribution in [3.8, 4) is 11.5 Å². The Kier molecular flexibility index (Phi) is 10.6. The van der Waals surface area contributed by atoms with Gasteiger partial charge in [0.1, 0.15) is 18.8 Å². The number of rotatable bonds is 12. The molecule has 2 rings (SSSR count). The van der Waals surface area contributed by atoms with Gasteiger partial charge < -0.3 is 33.7 Å². The molecule has 0 aliphatic heterocycles. The molecule has 0 aliphatic rings. The van der Waals surface area contributed by atoms with Gasteiger partial charge >= 0.3 is 12.0 Å². The van der Waals surface area contributed by atoms with Crippen molar-refractivity contribution >= 4 is 17.9 Å². The van der Waals surface area contributed by atoms with E-state index in [1.54, 1.807) is 44.4 Å². The van der Waals surface area contributed by atoms with E-state index in [0.717, 1.165) is 5.56 Å². The Hall–Kier alpha value is -3.69. The highest BCUT2D eigenvalue weighted by atomic mass is 16.5. The van der Waals surface area contributed by atoms with Gasteiger partial charge in [0.2, 0.25) is 5.91 Å². The standard InChI is InChI=1S/C26H37N3O7/c1-7-35-24(31)16-27-25(32)29(26(2,3)4)18-23(30)28(17-20-9-8-14-36-20)13-12-19-10-11-21(33-5)22(15-19)34-6/h8-11,14-15H,7,12-13,16-18H2,1-6H3,(H,27,32). The zero-order valence-electron chi connectivity index (χ0n) is 22.0. The van der Waals surface area contributed by atoms with Gasteiger partial charge in [-0.05, 0) is 63.9 Å². The molecule has 0 fully saturated rings. The van der Waals surface area contributed by atoms with E-state index in [1.807, 2.05) is 39.0 Å². The van der Waals surface area contributed by atoms with Crippen LogP contribution in [-0.2, 0) is 27.3 Å². The second kappa shape index (κ2) is 13.4. The lowest BCUT2D eigenvalue weighted by Crippen LogP contribution is -2.55. The van der Waals surface area contributed by atoms with Crippen LogP contribution in [-0.4, -0.2) is 73.7 Å². The van der Waals surface area contributed by atoms with Gasteiger partial charge in [-0.1, -0.05) is 6.07 Å². The van der Waals surface area contributed by atoms with Crippen molar-refractivity contribution in [2.75, 3.05) is 40.5 Å². The van der Waals surface area contributed by atoms with E-state index >= 15 is 0 Å². The minimum Gasteiger partial charge on any atom is -0.493 e. The van der Waals surface area contributed by atoms with Gasteiger partial charge in [0.15, 0.2) is 11.5 Å². The number of furan rings is 1. The number of hydrogen-bond acceptors (Lipinski definition) is 7. The molecule has 2 aromatic rings. The van der Waals surface area contributed by atoms with Crippen LogP contribution >= 0.6 is 0 Å². The van der Waals surface area contributed by atoms with Crippen molar-refractivity contribution < 1.29 is 33.0 Å². The Morgan fingerprint density at radius 3 is 2.36 bits per heavy atom. The first-order chi connectivity index (χ1) is 17.1. The maximum atomic E-state index is 13.4. The third kappa shape index (κ3) is 8.51. The number of esters is 1. The quantitative estimate of drug-likeness (QED) is 0.443. The van der Waals surface area contributed by atoms with Crippen molar-refractivity contribution in [3.63, 3.8) is 0 Å². The van der Waals surface area contributed by atoms with Gasteiger partial charge in [-0.2, -0.15) is 0 Å². The Labute approximate surface area is 212 Å². The topological polar surface area (TPSA) is 111 Å². The van der Waals surface area contributed by atoms with E-state index in [2.05, 4.69) is 5.32 Å². The van der Waals surface area contributed by atoms with Crippen LogP contribution in [0.3, 0.4) is 0 Å². The summed E-state index contributed by atoms with van der Waals surface area (Å²) in [5, 5.41) is 2.54. The largest absolute Gasteiger partial charge is 0.493 e. The van der Waals surface area contributed by atoms with Crippen LogP contribution < -0.4 is 14.8 Å². The molecule has 0 saturated heterocycles. The Morgan fingerprint density at radius 2 is 1.78 bits per heavy atom. The lowest BCUT2D eigenvalue weighted by Gasteiger charge is -2.36. The average Bonchev–Trinajstić information content (AvgIpc) is 3.35. The molecule has 3 amide bonds. The lowest BCUT2D eigenvalue weighted by atomic mass is 10.1. The second-order valence-corrected chi connectivity index (χ2v) is 9.05. The van der Waals surface area contributed by atoms with E-state index in [0.29, 0.717) is 30.2 Å². The number of nitrogens with zero attached hydrogens (tertiary/aromatic N) is 2. The first-order valence-corrected chi connectivity index (χ1v) is 11.8. The number of urea groups is 1. The number of carbonyl (C=O) groups is 3. The minimum absolute atomic E-state index is 0.176. The van der Waals surface area contributed by atoms with Crippen molar-refractivity contribution in [2.45, 2.75) is 46.2 Å². The third-order valence-electron chi connectivity index (χ3n) is 5.44. The fraction of sp³-hybridized carbons (Fsp3) is 0.500. The zero-order valence-corrected chi connectivity index (χ0v) is 22.0. The van der Waals surface area contributed by atoms with Crippen LogP contribution in [0.2, 0.25) is 0 Å². The van der Waals surface area contributed by atoms with Gasteiger partial charge in [-0.3, -0.25) is 9.59 Å². The van der Waals surface area contributed by atoms with Crippen molar-refractivity contribution in [3.05, 3.63) is 47.9 Å². The molecule has 0 atom stereocenters. The van der Waals surface area contributed by atoms with E-state index in [-0.39, 0.29) is 32.1 Å². The Morgan fingerprint density at radius 1 is 1.06 bits per heavy atom. The first-order valence-electron chi connectivity index (χ1n) is 11.8. The molecule has 1 aromatic heterocycles. The van der Waals surface area contributed by atoms with Gasteiger partial charge in [-0.15, -0.1) is 0 Å². The maximum absolute atomic E-state index is 13.4. The second-order valence-electron chi connectivity index (χ2n) is 9.05. The minimum atomic E-state index is -0.673. The number of ether oxygens (including phenoxy) is 3. The van der Waals surface area contributed by atoms with Crippen molar-refractivity contribution in [1.29, 1.82) is 0 Å². The van der Waals surface area contributed by atoms with E-state index in [4.69, 9.17) is 18.6 Å². The van der Waals surface area contributed by atoms with Crippen molar-refractivity contribution in [2.24, 2.45) is 0 Å². The SMILES string of the molecule is CCOC(=O)CNC(=O)N(CC(=O)N(CCc1ccc(OC)c(OC)c1)Cc1ccco1)C(C)(C)C. The molecule has 10 heteroatoms. The number of amides is 3. The fourth-order valence-corrected chi connectivity index (χ4v) is 3.49.